The van der Waals surface area contributed by atoms with E-state index in [0.717, 1.165) is 11.3 Å². The van der Waals surface area contributed by atoms with Gasteiger partial charge in [-0.15, -0.1) is 0 Å². The van der Waals surface area contributed by atoms with Crippen molar-refractivity contribution in [2.75, 3.05) is 22.9 Å². The average molecular weight is 487 g/mol. The van der Waals surface area contributed by atoms with E-state index in [-0.39, 0.29) is 19.7 Å². The Morgan fingerprint density at radius 3 is 2.08 bits per heavy atom. The number of benzene rings is 3. The fourth-order valence-electron chi connectivity index (χ4n) is 4.11. The minimum Gasteiger partial charge on any atom is -0.460 e. The van der Waals surface area contributed by atoms with Gasteiger partial charge in [0.2, 0.25) is 5.91 Å². The fraction of sp³-hybridized carbons (Fsp3) is 0.276. The first kappa shape index (κ1) is 25.0. The molecule has 1 aliphatic heterocycles. The molecule has 1 atom stereocenters. The number of rotatable bonds is 6. The van der Waals surface area contributed by atoms with Crippen LogP contribution in [0.3, 0.4) is 0 Å². The van der Waals surface area contributed by atoms with E-state index in [1.165, 1.54) is 4.90 Å². The van der Waals surface area contributed by atoms with E-state index in [9.17, 15) is 14.4 Å². The molecule has 36 heavy (non-hydrogen) atoms. The maximum Gasteiger partial charge on any atom is 0.326 e. The van der Waals surface area contributed by atoms with Gasteiger partial charge in [0.05, 0.1) is 11.4 Å². The maximum atomic E-state index is 13.8. The molecule has 0 bridgehead atoms. The van der Waals surface area contributed by atoms with Crippen LogP contribution in [-0.4, -0.2) is 36.5 Å². The number of esters is 2. The summed E-state index contributed by atoms with van der Waals surface area (Å²) in [6.07, 6.45) is 0. The Kier molecular flexibility index (Phi) is 7.38. The Balaban J connectivity index is 1.70. The summed E-state index contributed by atoms with van der Waals surface area (Å²) in [5.74, 6) is -2.87. The molecule has 0 saturated carbocycles. The molecule has 1 heterocycles. The molecule has 7 nitrogen and oxygen atoms in total. The standard InChI is InChI=1S/C29H30N2O5/c1-29(2,3)36-26(32)19-31-25-17-11-10-16-24(25)30(22-14-8-5-9-15-22)18-23(27(31)33)28(34)35-20-21-12-6-4-7-13-21/h4-17,23H,18-20H2,1-3H3. The largest absolute Gasteiger partial charge is 0.460 e. The molecule has 0 fully saturated rings. The number of carbonyl (C=O) groups is 3. The fourth-order valence-corrected chi connectivity index (χ4v) is 4.11. The number of para-hydroxylation sites is 3. The number of carbonyl (C=O) groups excluding carboxylic acids is 3. The van der Waals surface area contributed by atoms with Crippen LogP contribution in [0.1, 0.15) is 26.3 Å². The van der Waals surface area contributed by atoms with E-state index in [1.807, 2.05) is 77.7 Å². The van der Waals surface area contributed by atoms with Gasteiger partial charge in [0.1, 0.15) is 18.8 Å². The molecule has 4 rings (SSSR count). The van der Waals surface area contributed by atoms with E-state index in [4.69, 9.17) is 9.47 Å². The molecule has 1 aliphatic rings. The van der Waals surface area contributed by atoms with Crippen molar-refractivity contribution in [2.24, 2.45) is 5.92 Å². The topological polar surface area (TPSA) is 76.1 Å². The second-order valence-corrected chi connectivity index (χ2v) is 9.59. The number of ether oxygens (including phenoxy) is 2. The van der Waals surface area contributed by atoms with Crippen molar-refractivity contribution >= 4 is 34.9 Å². The van der Waals surface area contributed by atoms with Crippen LogP contribution in [0, 0.1) is 5.92 Å². The van der Waals surface area contributed by atoms with Gasteiger partial charge in [-0.1, -0.05) is 60.7 Å². The van der Waals surface area contributed by atoms with Gasteiger partial charge >= 0.3 is 11.9 Å². The zero-order valence-electron chi connectivity index (χ0n) is 20.7. The summed E-state index contributed by atoms with van der Waals surface area (Å²) in [5.41, 5.74) is 2.16. The first-order valence-corrected chi connectivity index (χ1v) is 11.9. The van der Waals surface area contributed by atoms with Gasteiger partial charge in [-0.25, -0.2) is 0 Å². The minimum atomic E-state index is -1.15. The van der Waals surface area contributed by atoms with E-state index in [1.54, 1.807) is 32.9 Å². The Hall–Kier alpha value is -4.13. The highest BCUT2D eigenvalue weighted by Gasteiger charge is 2.40. The Morgan fingerprint density at radius 1 is 0.861 bits per heavy atom. The lowest BCUT2D eigenvalue weighted by Crippen LogP contribution is -2.45. The van der Waals surface area contributed by atoms with Crippen molar-refractivity contribution in [1.82, 2.24) is 0 Å². The first-order chi connectivity index (χ1) is 17.2. The van der Waals surface area contributed by atoms with Crippen molar-refractivity contribution in [3.63, 3.8) is 0 Å². The average Bonchev–Trinajstić information content (AvgIpc) is 2.98. The molecular formula is C29H30N2O5. The Labute approximate surface area is 211 Å². The predicted molar refractivity (Wildman–Crippen MR) is 138 cm³/mol. The zero-order chi connectivity index (χ0) is 25.7. The van der Waals surface area contributed by atoms with Gasteiger partial charge in [-0.3, -0.25) is 19.3 Å². The van der Waals surface area contributed by atoms with Crippen LogP contribution in [0.4, 0.5) is 17.1 Å². The van der Waals surface area contributed by atoms with E-state index >= 15 is 0 Å². The van der Waals surface area contributed by atoms with E-state index < -0.39 is 29.4 Å². The third-order valence-corrected chi connectivity index (χ3v) is 5.68. The third-order valence-electron chi connectivity index (χ3n) is 5.68. The van der Waals surface area contributed by atoms with Crippen LogP contribution in [0.15, 0.2) is 84.9 Å². The molecule has 0 N–H and O–H groups in total. The van der Waals surface area contributed by atoms with Gasteiger partial charge in [0.15, 0.2) is 5.92 Å². The lowest BCUT2D eigenvalue weighted by molar-refractivity contribution is -0.156. The number of anilines is 3. The highest BCUT2D eigenvalue weighted by atomic mass is 16.6. The summed E-state index contributed by atoms with van der Waals surface area (Å²) in [6.45, 7) is 5.10. The zero-order valence-corrected chi connectivity index (χ0v) is 20.7. The molecule has 0 radical (unpaired) electrons. The molecule has 3 aromatic carbocycles. The van der Waals surface area contributed by atoms with Gasteiger partial charge < -0.3 is 14.4 Å². The van der Waals surface area contributed by atoms with Crippen LogP contribution < -0.4 is 9.80 Å². The predicted octanol–water partition coefficient (Wildman–Crippen LogP) is 4.87. The molecule has 0 spiro atoms. The second-order valence-electron chi connectivity index (χ2n) is 9.59. The molecule has 0 saturated heterocycles. The molecule has 1 unspecified atom stereocenters. The normalized spacial score (nSPS) is 15.6. The van der Waals surface area contributed by atoms with Crippen LogP contribution >= 0.6 is 0 Å². The van der Waals surface area contributed by atoms with Crippen molar-refractivity contribution in [3.05, 3.63) is 90.5 Å². The highest BCUT2D eigenvalue weighted by molar-refractivity contribution is 6.11. The summed E-state index contributed by atoms with van der Waals surface area (Å²) >= 11 is 0. The first-order valence-electron chi connectivity index (χ1n) is 11.9. The van der Waals surface area contributed by atoms with Crippen molar-refractivity contribution in [3.8, 4) is 0 Å². The monoisotopic (exact) mass is 486 g/mol. The van der Waals surface area contributed by atoms with Crippen molar-refractivity contribution < 1.29 is 23.9 Å². The lowest BCUT2D eigenvalue weighted by Gasteiger charge is -2.27. The molecule has 0 aliphatic carbocycles. The third kappa shape index (κ3) is 5.92. The van der Waals surface area contributed by atoms with Gasteiger partial charge in [0.25, 0.3) is 0 Å². The SMILES string of the molecule is CC(C)(C)OC(=O)CN1C(=O)C(C(=O)OCc2ccccc2)CN(c2ccccc2)c2ccccc21. The van der Waals surface area contributed by atoms with E-state index in [0.29, 0.717) is 11.4 Å². The van der Waals surface area contributed by atoms with Crippen molar-refractivity contribution in [1.29, 1.82) is 0 Å². The second kappa shape index (κ2) is 10.6. The molecule has 3 aromatic rings. The van der Waals surface area contributed by atoms with Crippen molar-refractivity contribution in [2.45, 2.75) is 33.0 Å². The van der Waals surface area contributed by atoms with Crippen LogP contribution in [0.2, 0.25) is 0 Å². The summed E-state index contributed by atoms with van der Waals surface area (Å²) in [6, 6.07) is 26.1. The Morgan fingerprint density at radius 2 is 1.44 bits per heavy atom. The van der Waals surface area contributed by atoms with Gasteiger partial charge in [-0.2, -0.15) is 0 Å². The van der Waals surface area contributed by atoms with Crippen LogP contribution in [-0.2, 0) is 30.5 Å². The van der Waals surface area contributed by atoms with Gasteiger partial charge in [-0.05, 0) is 50.6 Å². The van der Waals surface area contributed by atoms with Gasteiger partial charge in [0, 0.05) is 12.2 Å². The number of amides is 1. The quantitative estimate of drug-likeness (QED) is 0.365. The molecule has 7 heteroatoms. The summed E-state index contributed by atoms with van der Waals surface area (Å²) in [7, 11) is 0. The molecule has 186 valence electrons. The summed E-state index contributed by atoms with van der Waals surface area (Å²) < 4.78 is 11.1. The number of fused-ring (bicyclic) bond motifs is 1. The van der Waals surface area contributed by atoms with Crippen LogP contribution in [0.5, 0.6) is 0 Å². The highest BCUT2D eigenvalue weighted by Crippen LogP contribution is 2.38. The van der Waals surface area contributed by atoms with E-state index in [2.05, 4.69) is 0 Å². The summed E-state index contributed by atoms with van der Waals surface area (Å²) in [5, 5.41) is 0. The lowest BCUT2D eigenvalue weighted by atomic mass is 10.1. The minimum absolute atomic E-state index is 0.0494. The smallest absolute Gasteiger partial charge is 0.326 e. The maximum absolute atomic E-state index is 13.8. The number of hydrogen-bond acceptors (Lipinski definition) is 6. The molecule has 1 amide bonds. The summed E-state index contributed by atoms with van der Waals surface area (Å²) in [4.78, 5) is 43.2. The Bertz CT molecular complexity index is 1220. The number of nitrogens with zero attached hydrogens (tertiary/aromatic N) is 2. The molecular weight excluding hydrogens is 456 g/mol. The molecule has 0 aromatic heterocycles. The van der Waals surface area contributed by atoms with Crippen LogP contribution in [0.25, 0.3) is 0 Å². The number of hydrogen-bond donors (Lipinski definition) is 0.